The van der Waals surface area contributed by atoms with Crippen molar-refractivity contribution in [1.82, 2.24) is 15.5 Å². The van der Waals surface area contributed by atoms with E-state index in [4.69, 9.17) is 11.5 Å². The van der Waals surface area contributed by atoms with Gasteiger partial charge < -0.3 is 37.2 Å². The average molecular weight is 478 g/mol. The largest absolute Gasteiger partial charge is 0.394 e. The number of aryl methyl sites for hydroxylation is 1. The first-order valence-corrected chi connectivity index (χ1v) is 11.2. The number of carbonyl (C=O) groups is 4. The minimum absolute atomic E-state index is 0.0175. The second-order valence-electron chi connectivity index (χ2n) is 9.23. The normalized spacial score (nSPS) is 21.1. The SMILES string of the molecule is CC(C)(CO)NC(=O)[C@@]1(O)[C@@H](NC(=O)[C@@H](N)CC(N)=O)CCN1C(=O)CCCc1ccccc1. The number of likely N-dealkylation sites (tertiary alicyclic amines) is 1. The molecular formula is C23H35N5O6. The first-order chi connectivity index (χ1) is 15.9. The Hall–Kier alpha value is -3.02. The molecule has 0 bridgehead atoms. The monoisotopic (exact) mass is 477 g/mol. The van der Waals surface area contributed by atoms with Crippen LogP contribution in [0.2, 0.25) is 0 Å². The van der Waals surface area contributed by atoms with Gasteiger partial charge in [0.05, 0.1) is 30.7 Å². The van der Waals surface area contributed by atoms with Gasteiger partial charge in [-0.1, -0.05) is 30.3 Å². The summed E-state index contributed by atoms with van der Waals surface area (Å²) >= 11 is 0. The molecule has 0 saturated carbocycles. The minimum atomic E-state index is -2.40. The molecule has 34 heavy (non-hydrogen) atoms. The number of nitrogens with two attached hydrogens (primary N) is 2. The first-order valence-electron chi connectivity index (χ1n) is 11.2. The topological polar surface area (TPSA) is 188 Å². The Balaban J connectivity index is 2.19. The Morgan fingerprint density at radius 3 is 2.47 bits per heavy atom. The lowest BCUT2D eigenvalue weighted by Gasteiger charge is -2.38. The van der Waals surface area contributed by atoms with E-state index in [1.807, 2.05) is 30.3 Å². The fraction of sp³-hybridized carbons (Fsp3) is 0.565. The summed E-state index contributed by atoms with van der Waals surface area (Å²) in [4.78, 5) is 50.8. The van der Waals surface area contributed by atoms with Gasteiger partial charge in [-0.15, -0.1) is 0 Å². The Morgan fingerprint density at radius 1 is 1.24 bits per heavy atom. The van der Waals surface area contributed by atoms with Crippen molar-refractivity contribution >= 4 is 23.6 Å². The number of aliphatic hydroxyl groups excluding tert-OH is 1. The minimum Gasteiger partial charge on any atom is -0.394 e. The van der Waals surface area contributed by atoms with Crippen molar-refractivity contribution in [1.29, 1.82) is 0 Å². The highest BCUT2D eigenvalue weighted by molar-refractivity contribution is 5.93. The third-order valence-corrected chi connectivity index (χ3v) is 5.79. The van der Waals surface area contributed by atoms with E-state index in [0.717, 1.165) is 10.5 Å². The highest BCUT2D eigenvalue weighted by Crippen LogP contribution is 2.30. The molecule has 1 aliphatic heterocycles. The Morgan fingerprint density at radius 2 is 1.88 bits per heavy atom. The predicted molar refractivity (Wildman–Crippen MR) is 124 cm³/mol. The summed E-state index contributed by atoms with van der Waals surface area (Å²) in [5, 5.41) is 26.0. The van der Waals surface area contributed by atoms with Gasteiger partial charge in [-0.3, -0.25) is 19.2 Å². The van der Waals surface area contributed by atoms with Gasteiger partial charge in [-0.05, 0) is 38.7 Å². The summed E-state index contributed by atoms with van der Waals surface area (Å²) < 4.78 is 0. The number of aliphatic hydroxyl groups is 2. The molecular weight excluding hydrogens is 442 g/mol. The molecule has 1 aromatic carbocycles. The van der Waals surface area contributed by atoms with Crippen LogP contribution in [-0.2, 0) is 25.6 Å². The van der Waals surface area contributed by atoms with Crippen LogP contribution in [0.5, 0.6) is 0 Å². The van der Waals surface area contributed by atoms with Gasteiger partial charge in [0.15, 0.2) is 0 Å². The molecule has 2 rings (SSSR count). The number of benzene rings is 1. The third-order valence-electron chi connectivity index (χ3n) is 5.79. The number of nitrogens with one attached hydrogen (secondary N) is 2. The number of nitrogens with zero attached hydrogens (tertiary/aromatic N) is 1. The molecule has 0 radical (unpaired) electrons. The maximum Gasteiger partial charge on any atom is 0.276 e. The Labute approximate surface area is 198 Å². The van der Waals surface area contributed by atoms with Gasteiger partial charge in [0.25, 0.3) is 5.91 Å². The molecule has 0 spiro atoms. The zero-order valence-corrected chi connectivity index (χ0v) is 19.6. The van der Waals surface area contributed by atoms with E-state index in [2.05, 4.69) is 10.6 Å². The average Bonchev–Trinajstić information content (AvgIpc) is 3.11. The number of rotatable bonds is 11. The van der Waals surface area contributed by atoms with Crippen molar-refractivity contribution in [3.63, 3.8) is 0 Å². The molecule has 1 aromatic rings. The molecule has 4 amide bonds. The van der Waals surface area contributed by atoms with Crippen molar-refractivity contribution in [2.24, 2.45) is 11.5 Å². The number of hydrogen-bond donors (Lipinski definition) is 6. The molecule has 3 atom stereocenters. The van der Waals surface area contributed by atoms with E-state index in [1.165, 1.54) is 0 Å². The summed E-state index contributed by atoms with van der Waals surface area (Å²) in [7, 11) is 0. The molecule has 11 heteroatoms. The second kappa shape index (κ2) is 11.4. The van der Waals surface area contributed by atoms with Crippen molar-refractivity contribution in [3.8, 4) is 0 Å². The van der Waals surface area contributed by atoms with Crippen LogP contribution in [0.4, 0.5) is 0 Å². The summed E-state index contributed by atoms with van der Waals surface area (Å²) in [5.74, 6) is -2.94. The van der Waals surface area contributed by atoms with Gasteiger partial charge in [0, 0.05) is 13.0 Å². The number of amides is 4. The van der Waals surface area contributed by atoms with Crippen LogP contribution in [0.1, 0.15) is 45.1 Å². The zero-order chi connectivity index (χ0) is 25.5. The van der Waals surface area contributed by atoms with E-state index in [-0.39, 0.29) is 19.4 Å². The maximum atomic E-state index is 13.2. The van der Waals surface area contributed by atoms with E-state index >= 15 is 0 Å². The van der Waals surface area contributed by atoms with Crippen molar-refractivity contribution in [2.75, 3.05) is 13.2 Å². The van der Waals surface area contributed by atoms with Crippen LogP contribution in [0.3, 0.4) is 0 Å². The molecule has 1 fully saturated rings. The molecule has 1 aliphatic rings. The summed E-state index contributed by atoms with van der Waals surface area (Å²) in [5.41, 5.74) is 8.34. The Kier molecular flexibility index (Phi) is 9.14. The third kappa shape index (κ3) is 6.75. The highest BCUT2D eigenvalue weighted by Gasteiger charge is 2.56. The van der Waals surface area contributed by atoms with Crippen LogP contribution in [0.15, 0.2) is 30.3 Å². The summed E-state index contributed by atoms with van der Waals surface area (Å²) in [6.45, 7) is 2.70. The van der Waals surface area contributed by atoms with Crippen LogP contribution < -0.4 is 22.1 Å². The molecule has 0 aromatic heterocycles. The molecule has 8 N–H and O–H groups in total. The van der Waals surface area contributed by atoms with Crippen molar-refractivity contribution in [3.05, 3.63) is 35.9 Å². The number of hydrogen-bond acceptors (Lipinski definition) is 7. The van der Waals surface area contributed by atoms with Crippen LogP contribution >= 0.6 is 0 Å². The summed E-state index contributed by atoms with van der Waals surface area (Å²) in [6.07, 6.45) is 0.895. The standard InChI is InChI=1S/C23H35N5O6/c1-22(2,14-29)27-21(33)23(34)17(26-20(32)16(24)13-18(25)30)11-12-28(23)19(31)10-6-9-15-7-4-3-5-8-15/h3-5,7-8,16-17,29,34H,6,9-14,24H2,1-2H3,(H2,25,30)(H,26,32)(H,27,33)/t16-,17-,23-/m0/s1. The van der Waals surface area contributed by atoms with Gasteiger partial charge in [-0.2, -0.15) is 0 Å². The quantitative estimate of drug-likeness (QED) is 0.224. The second-order valence-corrected chi connectivity index (χ2v) is 9.23. The van der Waals surface area contributed by atoms with Crippen LogP contribution in [0, 0.1) is 0 Å². The van der Waals surface area contributed by atoms with Gasteiger partial charge in [-0.25, -0.2) is 0 Å². The van der Waals surface area contributed by atoms with Gasteiger partial charge in [0.2, 0.25) is 23.4 Å². The molecule has 0 aliphatic carbocycles. The molecule has 0 unspecified atom stereocenters. The fourth-order valence-electron chi connectivity index (χ4n) is 3.84. The van der Waals surface area contributed by atoms with Crippen molar-refractivity contribution < 1.29 is 29.4 Å². The lowest BCUT2D eigenvalue weighted by atomic mass is 9.99. The van der Waals surface area contributed by atoms with Gasteiger partial charge in [0.1, 0.15) is 0 Å². The molecule has 188 valence electrons. The van der Waals surface area contributed by atoms with E-state index < -0.39 is 60.0 Å². The number of primary amides is 1. The summed E-state index contributed by atoms with van der Waals surface area (Å²) in [6, 6.07) is 7.15. The van der Waals surface area contributed by atoms with E-state index in [1.54, 1.807) is 13.8 Å². The smallest absolute Gasteiger partial charge is 0.276 e. The van der Waals surface area contributed by atoms with Crippen LogP contribution in [-0.4, -0.2) is 75.2 Å². The molecule has 1 saturated heterocycles. The Bertz CT molecular complexity index is 893. The zero-order valence-electron chi connectivity index (χ0n) is 19.6. The van der Waals surface area contributed by atoms with Crippen LogP contribution in [0.25, 0.3) is 0 Å². The van der Waals surface area contributed by atoms with E-state index in [9.17, 15) is 29.4 Å². The van der Waals surface area contributed by atoms with Gasteiger partial charge >= 0.3 is 0 Å². The first kappa shape index (κ1) is 27.2. The predicted octanol–water partition coefficient (Wildman–Crippen LogP) is -1.50. The lowest BCUT2D eigenvalue weighted by molar-refractivity contribution is -0.173. The maximum absolute atomic E-state index is 13.2. The highest BCUT2D eigenvalue weighted by atomic mass is 16.3. The van der Waals surface area contributed by atoms with Crippen molar-refractivity contribution in [2.45, 2.75) is 69.3 Å². The number of carbonyl (C=O) groups excluding carboxylic acids is 4. The fourth-order valence-corrected chi connectivity index (χ4v) is 3.84. The molecule has 11 nitrogen and oxygen atoms in total. The molecule has 1 heterocycles. The van der Waals surface area contributed by atoms with E-state index in [0.29, 0.717) is 12.8 Å². The lowest BCUT2D eigenvalue weighted by Crippen LogP contribution is -2.69.